The van der Waals surface area contributed by atoms with E-state index < -0.39 is 17.9 Å². The number of aldehydes is 1. The van der Waals surface area contributed by atoms with Crippen LogP contribution in [-0.2, 0) is 25.7 Å². The summed E-state index contributed by atoms with van der Waals surface area (Å²) in [4.78, 5) is 34.3. The number of carbonyl (C=O) groups excluding carboxylic acids is 3. The summed E-state index contributed by atoms with van der Waals surface area (Å²) in [5.41, 5.74) is 6.52. The van der Waals surface area contributed by atoms with Crippen molar-refractivity contribution >= 4 is 18.2 Å². The van der Waals surface area contributed by atoms with Crippen LogP contribution in [0, 0.1) is 5.92 Å². The SMILES string of the molecule is CCNC(=O)CC(C=O)C(N)C(=O)OCc1ccccc1. The molecule has 0 aliphatic carbocycles. The minimum Gasteiger partial charge on any atom is -0.460 e. The standard InChI is InChI=1S/C15H20N2O4/c1-2-17-13(19)8-12(9-18)14(16)15(20)21-10-11-6-4-3-5-7-11/h3-7,9,12,14H,2,8,10,16H2,1H3,(H,17,19). The lowest BCUT2D eigenvalue weighted by Gasteiger charge is -2.17. The normalized spacial score (nSPS) is 13.0. The number of esters is 1. The molecule has 0 radical (unpaired) electrons. The summed E-state index contributed by atoms with van der Waals surface area (Å²) in [6.45, 7) is 2.31. The molecule has 6 nitrogen and oxygen atoms in total. The number of hydrogen-bond acceptors (Lipinski definition) is 5. The molecular formula is C15H20N2O4. The second kappa shape index (κ2) is 8.86. The lowest BCUT2D eigenvalue weighted by Crippen LogP contribution is -2.42. The van der Waals surface area contributed by atoms with Gasteiger partial charge in [-0.25, -0.2) is 0 Å². The van der Waals surface area contributed by atoms with Crippen LogP contribution in [0.3, 0.4) is 0 Å². The Bertz CT molecular complexity index is 476. The Hall–Kier alpha value is -2.21. The van der Waals surface area contributed by atoms with Crippen LogP contribution in [0.25, 0.3) is 0 Å². The monoisotopic (exact) mass is 292 g/mol. The summed E-state index contributed by atoms with van der Waals surface area (Å²) in [5, 5.41) is 2.56. The highest BCUT2D eigenvalue weighted by Crippen LogP contribution is 2.08. The Morgan fingerprint density at radius 2 is 2.00 bits per heavy atom. The maximum atomic E-state index is 11.8. The molecule has 0 saturated heterocycles. The first-order chi connectivity index (χ1) is 10.1. The van der Waals surface area contributed by atoms with E-state index in [9.17, 15) is 14.4 Å². The Balaban J connectivity index is 2.50. The zero-order valence-corrected chi connectivity index (χ0v) is 12.0. The first kappa shape index (κ1) is 16.8. The molecule has 0 heterocycles. The molecule has 0 aromatic heterocycles. The molecular weight excluding hydrogens is 272 g/mol. The van der Waals surface area contributed by atoms with Crippen LogP contribution < -0.4 is 11.1 Å². The maximum absolute atomic E-state index is 11.8. The van der Waals surface area contributed by atoms with Crippen LogP contribution in [0.1, 0.15) is 18.9 Å². The van der Waals surface area contributed by atoms with Gasteiger partial charge in [-0.15, -0.1) is 0 Å². The Labute approximate surface area is 123 Å². The van der Waals surface area contributed by atoms with Crippen molar-refractivity contribution in [2.75, 3.05) is 6.54 Å². The quantitative estimate of drug-likeness (QED) is 0.534. The van der Waals surface area contributed by atoms with Gasteiger partial charge in [0.15, 0.2) is 0 Å². The molecule has 0 aliphatic rings. The van der Waals surface area contributed by atoms with Gasteiger partial charge in [0, 0.05) is 18.9 Å². The van der Waals surface area contributed by atoms with Crippen molar-refractivity contribution in [3.05, 3.63) is 35.9 Å². The Morgan fingerprint density at radius 3 is 2.57 bits per heavy atom. The van der Waals surface area contributed by atoms with Crippen LogP contribution >= 0.6 is 0 Å². The lowest BCUT2D eigenvalue weighted by molar-refractivity contribution is -0.149. The van der Waals surface area contributed by atoms with Crippen LogP contribution in [0.15, 0.2) is 30.3 Å². The van der Waals surface area contributed by atoms with Crippen molar-refractivity contribution in [1.82, 2.24) is 5.32 Å². The van der Waals surface area contributed by atoms with Gasteiger partial charge in [0.2, 0.25) is 5.91 Å². The number of nitrogens with one attached hydrogen (secondary N) is 1. The van der Waals surface area contributed by atoms with Crippen LogP contribution in [0.2, 0.25) is 0 Å². The van der Waals surface area contributed by atoms with Crippen molar-refractivity contribution in [1.29, 1.82) is 0 Å². The maximum Gasteiger partial charge on any atom is 0.324 e. The number of rotatable bonds is 8. The second-order valence-electron chi connectivity index (χ2n) is 4.58. The van der Waals surface area contributed by atoms with Crippen molar-refractivity contribution in [2.24, 2.45) is 11.7 Å². The van der Waals surface area contributed by atoms with Gasteiger partial charge in [-0.05, 0) is 12.5 Å². The average molecular weight is 292 g/mol. The molecule has 21 heavy (non-hydrogen) atoms. The fourth-order valence-electron chi connectivity index (χ4n) is 1.74. The van der Waals surface area contributed by atoms with Crippen LogP contribution in [0.5, 0.6) is 0 Å². The topological polar surface area (TPSA) is 98.5 Å². The van der Waals surface area contributed by atoms with E-state index in [1.165, 1.54) is 0 Å². The molecule has 114 valence electrons. The highest BCUT2D eigenvalue weighted by Gasteiger charge is 2.27. The molecule has 3 N–H and O–H groups in total. The van der Waals surface area contributed by atoms with E-state index in [0.717, 1.165) is 5.56 Å². The molecule has 6 heteroatoms. The smallest absolute Gasteiger partial charge is 0.324 e. The van der Waals surface area contributed by atoms with Gasteiger partial charge >= 0.3 is 5.97 Å². The number of nitrogens with two attached hydrogens (primary N) is 1. The first-order valence-electron chi connectivity index (χ1n) is 6.76. The predicted octanol–water partition coefficient (Wildman–Crippen LogP) is 0.398. The molecule has 1 aromatic carbocycles. The second-order valence-corrected chi connectivity index (χ2v) is 4.58. The molecule has 1 aromatic rings. The summed E-state index contributed by atoms with van der Waals surface area (Å²) in [6, 6.07) is 7.98. The van der Waals surface area contributed by atoms with Crippen molar-refractivity contribution in [2.45, 2.75) is 26.0 Å². The minimum absolute atomic E-state index is 0.0834. The van der Waals surface area contributed by atoms with Crippen LogP contribution in [0.4, 0.5) is 0 Å². The molecule has 1 amide bonds. The third-order valence-corrected chi connectivity index (χ3v) is 2.93. The highest BCUT2D eigenvalue weighted by atomic mass is 16.5. The number of amides is 1. The summed E-state index contributed by atoms with van der Waals surface area (Å²) in [6.07, 6.45) is 0.391. The van der Waals surface area contributed by atoms with Crippen LogP contribution in [-0.4, -0.2) is 30.7 Å². The number of ether oxygens (including phenoxy) is 1. The molecule has 0 fully saturated rings. The predicted molar refractivity (Wildman–Crippen MR) is 77.1 cm³/mol. The van der Waals surface area contributed by atoms with Gasteiger partial charge in [0.25, 0.3) is 0 Å². The van der Waals surface area contributed by atoms with Gasteiger partial charge in [0.05, 0.1) is 0 Å². The number of hydrogen-bond donors (Lipinski definition) is 2. The Morgan fingerprint density at radius 1 is 1.33 bits per heavy atom. The largest absolute Gasteiger partial charge is 0.460 e. The van der Waals surface area contributed by atoms with E-state index in [2.05, 4.69) is 5.32 Å². The fraction of sp³-hybridized carbons (Fsp3) is 0.400. The molecule has 2 atom stereocenters. The molecule has 0 bridgehead atoms. The molecule has 0 spiro atoms. The van der Waals surface area contributed by atoms with Crippen molar-refractivity contribution in [3.63, 3.8) is 0 Å². The van der Waals surface area contributed by atoms with E-state index in [1.807, 2.05) is 30.3 Å². The van der Waals surface area contributed by atoms with Gasteiger partial charge in [-0.3, -0.25) is 9.59 Å². The summed E-state index contributed by atoms with van der Waals surface area (Å²) >= 11 is 0. The molecule has 2 unspecified atom stereocenters. The van der Waals surface area contributed by atoms with Crippen molar-refractivity contribution in [3.8, 4) is 0 Å². The van der Waals surface area contributed by atoms with E-state index in [-0.39, 0.29) is 18.9 Å². The molecule has 1 rings (SSSR count). The summed E-state index contributed by atoms with van der Waals surface area (Å²) < 4.78 is 5.06. The molecule has 0 saturated carbocycles. The number of carbonyl (C=O) groups is 3. The zero-order valence-electron chi connectivity index (χ0n) is 12.0. The van der Waals surface area contributed by atoms with E-state index in [4.69, 9.17) is 10.5 Å². The van der Waals surface area contributed by atoms with Gasteiger partial charge in [-0.2, -0.15) is 0 Å². The van der Waals surface area contributed by atoms with E-state index >= 15 is 0 Å². The van der Waals surface area contributed by atoms with Gasteiger partial charge in [-0.1, -0.05) is 30.3 Å². The average Bonchev–Trinajstić information content (AvgIpc) is 2.51. The first-order valence-corrected chi connectivity index (χ1v) is 6.76. The number of benzene rings is 1. The molecule has 0 aliphatic heterocycles. The third-order valence-electron chi connectivity index (χ3n) is 2.93. The lowest BCUT2D eigenvalue weighted by atomic mass is 9.98. The van der Waals surface area contributed by atoms with E-state index in [0.29, 0.717) is 12.8 Å². The fourth-order valence-corrected chi connectivity index (χ4v) is 1.74. The Kier molecular flexibility index (Phi) is 7.11. The summed E-state index contributed by atoms with van der Waals surface area (Å²) in [7, 11) is 0. The van der Waals surface area contributed by atoms with E-state index in [1.54, 1.807) is 6.92 Å². The van der Waals surface area contributed by atoms with Gasteiger partial charge in [0.1, 0.15) is 18.9 Å². The minimum atomic E-state index is -1.14. The highest BCUT2D eigenvalue weighted by molar-refractivity contribution is 5.84. The summed E-state index contributed by atoms with van der Waals surface area (Å²) in [5.74, 6) is -1.90. The third kappa shape index (κ3) is 5.74. The zero-order chi connectivity index (χ0) is 15.7. The van der Waals surface area contributed by atoms with Gasteiger partial charge < -0.3 is 20.6 Å². The van der Waals surface area contributed by atoms with Crippen molar-refractivity contribution < 1.29 is 19.1 Å².